The van der Waals surface area contributed by atoms with Crippen molar-refractivity contribution in [1.29, 1.82) is 0 Å². The monoisotopic (exact) mass is 291 g/mol. The lowest BCUT2D eigenvalue weighted by atomic mass is 10.1. The molecule has 3 heteroatoms. The molecule has 0 radical (unpaired) electrons. The molecule has 2 N–H and O–H groups in total. The summed E-state index contributed by atoms with van der Waals surface area (Å²) in [6, 6.07) is 20.7. The molecule has 0 spiro atoms. The highest BCUT2D eigenvalue weighted by Crippen LogP contribution is 2.21. The van der Waals surface area contributed by atoms with Gasteiger partial charge in [-0.1, -0.05) is 42.5 Å². The smallest absolute Gasteiger partial charge is 0.251 e. The van der Waals surface area contributed by atoms with E-state index in [1.165, 1.54) is 5.56 Å². The van der Waals surface area contributed by atoms with Crippen molar-refractivity contribution in [3.05, 3.63) is 77.9 Å². The molecule has 1 amide bonds. The quantitative estimate of drug-likeness (QED) is 0.772. The normalized spacial score (nSPS) is 10.5. The van der Waals surface area contributed by atoms with E-state index < -0.39 is 0 Å². The van der Waals surface area contributed by atoms with Crippen molar-refractivity contribution in [3.63, 3.8) is 0 Å². The first kappa shape index (κ1) is 14.1. The Bertz CT molecular complexity index is 797. The Balaban J connectivity index is 1.66. The van der Waals surface area contributed by atoms with Crippen molar-refractivity contribution in [2.75, 3.05) is 6.54 Å². The Labute approximate surface area is 129 Å². The maximum absolute atomic E-state index is 12.2. The van der Waals surface area contributed by atoms with Gasteiger partial charge in [0, 0.05) is 12.1 Å². The summed E-state index contributed by atoms with van der Waals surface area (Å²) >= 11 is 0. The Morgan fingerprint density at radius 2 is 1.64 bits per heavy atom. The number of phenolic OH excluding ortho intramolecular Hbond substituents is 1. The van der Waals surface area contributed by atoms with Gasteiger partial charge in [-0.15, -0.1) is 0 Å². The minimum absolute atomic E-state index is 0.0779. The lowest BCUT2D eigenvalue weighted by Crippen LogP contribution is -2.25. The van der Waals surface area contributed by atoms with Crippen molar-refractivity contribution in [3.8, 4) is 5.75 Å². The molecule has 0 aromatic heterocycles. The van der Waals surface area contributed by atoms with Crippen molar-refractivity contribution < 1.29 is 9.90 Å². The van der Waals surface area contributed by atoms with Gasteiger partial charge >= 0.3 is 0 Å². The van der Waals surface area contributed by atoms with Crippen LogP contribution < -0.4 is 5.32 Å². The number of phenols is 1. The van der Waals surface area contributed by atoms with E-state index in [2.05, 4.69) is 17.4 Å². The van der Waals surface area contributed by atoms with E-state index in [9.17, 15) is 9.90 Å². The fourth-order valence-corrected chi connectivity index (χ4v) is 2.44. The summed E-state index contributed by atoms with van der Waals surface area (Å²) < 4.78 is 0. The molecule has 3 rings (SSSR count). The van der Waals surface area contributed by atoms with Gasteiger partial charge < -0.3 is 10.4 Å². The minimum atomic E-state index is -0.0779. The standard InChI is InChI=1S/C19H17NO2/c21-18-9-8-15-12-17(7-6-16(15)13-18)19(22)20-11-10-14-4-2-1-3-5-14/h1-9,12-13,21H,10-11H2,(H,20,22). The summed E-state index contributed by atoms with van der Waals surface area (Å²) in [4.78, 5) is 12.2. The van der Waals surface area contributed by atoms with Crippen LogP contribution in [0.15, 0.2) is 66.7 Å². The zero-order valence-corrected chi connectivity index (χ0v) is 12.1. The lowest BCUT2D eigenvalue weighted by molar-refractivity contribution is 0.0954. The predicted octanol–water partition coefficient (Wildman–Crippen LogP) is 3.52. The number of hydrogen-bond acceptors (Lipinski definition) is 2. The first-order chi connectivity index (χ1) is 10.7. The van der Waals surface area contributed by atoms with Crippen molar-refractivity contribution in [1.82, 2.24) is 5.32 Å². The van der Waals surface area contributed by atoms with Crippen LogP contribution in [0.4, 0.5) is 0 Å². The number of benzene rings is 3. The Morgan fingerprint density at radius 1 is 0.909 bits per heavy atom. The van der Waals surface area contributed by atoms with Gasteiger partial charge in [0.15, 0.2) is 0 Å². The van der Waals surface area contributed by atoms with E-state index in [0.717, 1.165) is 17.2 Å². The second-order valence-electron chi connectivity index (χ2n) is 5.24. The summed E-state index contributed by atoms with van der Waals surface area (Å²) in [5.41, 5.74) is 1.84. The number of hydrogen-bond donors (Lipinski definition) is 2. The number of fused-ring (bicyclic) bond motifs is 1. The first-order valence-corrected chi connectivity index (χ1v) is 7.27. The molecule has 0 aliphatic carbocycles. The molecule has 0 saturated carbocycles. The van der Waals surface area contributed by atoms with Gasteiger partial charge in [0.25, 0.3) is 5.91 Å². The SMILES string of the molecule is O=C(NCCc1ccccc1)c1ccc2cc(O)ccc2c1. The molecule has 3 nitrogen and oxygen atoms in total. The summed E-state index contributed by atoms with van der Waals surface area (Å²) in [6.45, 7) is 0.608. The van der Waals surface area contributed by atoms with E-state index in [1.54, 1.807) is 18.2 Å². The van der Waals surface area contributed by atoms with Gasteiger partial charge in [-0.05, 0) is 47.0 Å². The fraction of sp³-hybridized carbons (Fsp3) is 0.105. The van der Waals surface area contributed by atoms with Crippen LogP contribution in [-0.4, -0.2) is 17.6 Å². The number of nitrogens with one attached hydrogen (secondary N) is 1. The number of amides is 1. The Morgan fingerprint density at radius 3 is 2.45 bits per heavy atom. The van der Waals surface area contributed by atoms with Crippen LogP contribution in [0.2, 0.25) is 0 Å². The number of aromatic hydroxyl groups is 1. The summed E-state index contributed by atoms with van der Waals surface area (Å²) in [5.74, 6) is 0.151. The van der Waals surface area contributed by atoms with Crippen LogP contribution in [0, 0.1) is 0 Å². The molecule has 0 unspecified atom stereocenters. The molecular weight excluding hydrogens is 274 g/mol. The molecule has 0 heterocycles. The van der Waals surface area contributed by atoms with E-state index >= 15 is 0 Å². The molecule has 3 aromatic rings. The van der Waals surface area contributed by atoms with Crippen LogP contribution in [0.1, 0.15) is 15.9 Å². The van der Waals surface area contributed by atoms with Gasteiger partial charge in [0.1, 0.15) is 5.75 Å². The Hall–Kier alpha value is -2.81. The lowest BCUT2D eigenvalue weighted by Gasteiger charge is -2.07. The molecule has 0 saturated heterocycles. The zero-order valence-electron chi connectivity index (χ0n) is 12.1. The minimum Gasteiger partial charge on any atom is -0.508 e. The van der Waals surface area contributed by atoms with Crippen LogP contribution in [-0.2, 0) is 6.42 Å². The zero-order chi connectivity index (χ0) is 15.4. The molecule has 0 aliphatic heterocycles. The van der Waals surface area contributed by atoms with E-state index in [-0.39, 0.29) is 11.7 Å². The van der Waals surface area contributed by atoms with Gasteiger partial charge in [0.2, 0.25) is 0 Å². The molecule has 110 valence electrons. The first-order valence-electron chi connectivity index (χ1n) is 7.27. The second-order valence-corrected chi connectivity index (χ2v) is 5.24. The van der Waals surface area contributed by atoms with Gasteiger partial charge in [-0.2, -0.15) is 0 Å². The maximum atomic E-state index is 12.2. The predicted molar refractivity (Wildman–Crippen MR) is 88.1 cm³/mol. The van der Waals surface area contributed by atoms with Crippen molar-refractivity contribution >= 4 is 16.7 Å². The molecule has 0 atom stereocenters. The number of carbonyl (C=O) groups excluding carboxylic acids is 1. The van der Waals surface area contributed by atoms with E-state index in [1.807, 2.05) is 36.4 Å². The highest BCUT2D eigenvalue weighted by Gasteiger charge is 2.06. The topological polar surface area (TPSA) is 49.3 Å². The number of rotatable bonds is 4. The van der Waals surface area contributed by atoms with Gasteiger partial charge in [0.05, 0.1) is 0 Å². The average molecular weight is 291 g/mol. The third-order valence-electron chi connectivity index (χ3n) is 3.63. The van der Waals surface area contributed by atoms with Crippen LogP contribution in [0.3, 0.4) is 0 Å². The van der Waals surface area contributed by atoms with E-state index in [0.29, 0.717) is 12.1 Å². The van der Waals surface area contributed by atoms with Crippen molar-refractivity contribution in [2.45, 2.75) is 6.42 Å². The number of carbonyl (C=O) groups is 1. The van der Waals surface area contributed by atoms with Gasteiger partial charge in [-0.25, -0.2) is 0 Å². The van der Waals surface area contributed by atoms with Crippen LogP contribution >= 0.6 is 0 Å². The summed E-state index contributed by atoms with van der Waals surface area (Å²) in [5, 5.41) is 14.2. The highest BCUT2D eigenvalue weighted by molar-refractivity contribution is 5.98. The van der Waals surface area contributed by atoms with Crippen LogP contribution in [0.25, 0.3) is 10.8 Å². The maximum Gasteiger partial charge on any atom is 0.251 e. The molecular formula is C19H17NO2. The molecule has 22 heavy (non-hydrogen) atoms. The molecule has 0 fully saturated rings. The Kier molecular flexibility index (Phi) is 4.05. The average Bonchev–Trinajstić information content (AvgIpc) is 2.55. The molecule has 0 bridgehead atoms. The highest BCUT2D eigenvalue weighted by atomic mass is 16.3. The molecule has 3 aromatic carbocycles. The van der Waals surface area contributed by atoms with Gasteiger partial charge in [-0.3, -0.25) is 4.79 Å². The molecule has 0 aliphatic rings. The third kappa shape index (κ3) is 3.26. The fourth-order valence-electron chi connectivity index (χ4n) is 2.44. The second kappa shape index (κ2) is 6.31. The largest absolute Gasteiger partial charge is 0.508 e. The van der Waals surface area contributed by atoms with Crippen molar-refractivity contribution in [2.24, 2.45) is 0 Å². The third-order valence-corrected chi connectivity index (χ3v) is 3.63. The summed E-state index contributed by atoms with van der Waals surface area (Å²) in [6.07, 6.45) is 0.814. The van der Waals surface area contributed by atoms with Crippen LogP contribution in [0.5, 0.6) is 5.75 Å². The van der Waals surface area contributed by atoms with E-state index in [4.69, 9.17) is 0 Å². The summed E-state index contributed by atoms with van der Waals surface area (Å²) in [7, 11) is 0.